The number of nitrogen functional groups attached to an aromatic ring is 1. The summed E-state index contributed by atoms with van der Waals surface area (Å²) in [6.45, 7) is 3.33. The largest absolute Gasteiger partial charge is 0.497 e. The van der Waals surface area contributed by atoms with E-state index in [2.05, 4.69) is 4.98 Å². The summed E-state index contributed by atoms with van der Waals surface area (Å²) in [5.74, 6) is 0.555. The number of ether oxygens (including phenoxy) is 1. The van der Waals surface area contributed by atoms with Crippen molar-refractivity contribution in [1.29, 1.82) is 0 Å². The SMILES string of the molecule is COc1cc(C)c(S(=O)(=O)n2c(=O)[nH]c3ccc(N)cc32)c(C)c1. The smallest absolute Gasteiger partial charge is 0.340 e. The van der Waals surface area contributed by atoms with E-state index in [9.17, 15) is 13.2 Å². The monoisotopic (exact) mass is 347 g/mol. The number of aromatic amines is 1. The molecule has 3 rings (SSSR count). The minimum Gasteiger partial charge on any atom is -0.497 e. The molecular formula is C16H17N3O4S. The molecule has 2 aromatic carbocycles. The molecule has 0 unspecified atom stereocenters. The zero-order valence-electron chi connectivity index (χ0n) is 13.5. The second-order valence-electron chi connectivity index (χ2n) is 5.57. The Balaban J connectivity index is 2.36. The van der Waals surface area contributed by atoms with Gasteiger partial charge in [0.2, 0.25) is 0 Å². The second kappa shape index (κ2) is 5.41. The zero-order valence-corrected chi connectivity index (χ0v) is 14.3. The standard InChI is InChI=1S/C16H17N3O4S/c1-9-6-12(23-3)7-10(2)15(9)24(21,22)19-14-8-11(17)4-5-13(14)18-16(19)20/h4-8H,17H2,1-3H3,(H,18,20). The number of rotatable bonds is 3. The van der Waals surface area contributed by atoms with E-state index >= 15 is 0 Å². The number of anilines is 1. The van der Waals surface area contributed by atoms with Crippen LogP contribution in [0.4, 0.5) is 5.69 Å². The summed E-state index contributed by atoms with van der Waals surface area (Å²) in [4.78, 5) is 14.9. The Morgan fingerprint density at radius 1 is 1.12 bits per heavy atom. The molecule has 0 spiro atoms. The molecule has 24 heavy (non-hydrogen) atoms. The van der Waals surface area contributed by atoms with E-state index in [1.54, 1.807) is 38.1 Å². The topological polar surface area (TPSA) is 107 Å². The van der Waals surface area contributed by atoms with E-state index in [1.807, 2.05) is 0 Å². The maximum absolute atomic E-state index is 13.1. The van der Waals surface area contributed by atoms with Crippen molar-refractivity contribution in [2.24, 2.45) is 0 Å². The summed E-state index contributed by atoms with van der Waals surface area (Å²) < 4.78 is 32.2. The molecule has 0 aliphatic rings. The minimum absolute atomic E-state index is 0.0775. The molecule has 0 radical (unpaired) electrons. The number of methoxy groups -OCH3 is 1. The fourth-order valence-electron chi connectivity index (χ4n) is 2.86. The van der Waals surface area contributed by atoms with Crippen LogP contribution in [0.5, 0.6) is 5.75 Å². The van der Waals surface area contributed by atoms with Crippen molar-refractivity contribution in [1.82, 2.24) is 8.96 Å². The third-order valence-corrected chi connectivity index (χ3v) is 5.84. The molecule has 0 amide bonds. The van der Waals surface area contributed by atoms with Crippen LogP contribution in [0.1, 0.15) is 11.1 Å². The highest BCUT2D eigenvalue weighted by atomic mass is 32.2. The molecule has 1 heterocycles. The van der Waals surface area contributed by atoms with Gasteiger partial charge in [0.1, 0.15) is 5.75 Å². The van der Waals surface area contributed by atoms with Crippen LogP contribution in [-0.4, -0.2) is 24.5 Å². The number of nitrogens with zero attached hydrogens (tertiary/aromatic N) is 1. The van der Waals surface area contributed by atoms with Crippen molar-refractivity contribution >= 4 is 26.7 Å². The van der Waals surface area contributed by atoms with Crippen molar-refractivity contribution < 1.29 is 13.2 Å². The fourth-order valence-corrected chi connectivity index (χ4v) is 4.65. The third kappa shape index (κ3) is 2.35. The average Bonchev–Trinajstić information content (AvgIpc) is 2.81. The molecule has 1 aromatic heterocycles. The van der Waals surface area contributed by atoms with Crippen LogP contribution in [-0.2, 0) is 10.0 Å². The van der Waals surface area contributed by atoms with Crippen LogP contribution in [0.15, 0.2) is 40.0 Å². The van der Waals surface area contributed by atoms with E-state index in [0.29, 0.717) is 28.1 Å². The molecule has 0 aliphatic heterocycles. The normalized spacial score (nSPS) is 11.8. The van der Waals surface area contributed by atoms with Gasteiger partial charge in [-0.25, -0.2) is 13.2 Å². The number of nitrogens with one attached hydrogen (secondary N) is 1. The molecule has 3 aromatic rings. The van der Waals surface area contributed by atoms with Gasteiger partial charge in [0.05, 0.1) is 23.0 Å². The number of hydrogen-bond donors (Lipinski definition) is 2. The maximum atomic E-state index is 13.1. The first-order valence-electron chi connectivity index (χ1n) is 7.17. The zero-order chi connectivity index (χ0) is 17.6. The van der Waals surface area contributed by atoms with Crippen LogP contribution in [0.2, 0.25) is 0 Å². The third-order valence-electron chi connectivity index (χ3n) is 3.83. The number of aryl methyl sites for hydroxylation is 2. The number of H-pyrrole nitrogens is 1. The van der Waals surface area contributed by atoms with E-state index in [-0.39, 0.29) is 10.4 Å². The van der Waals surface area contributed by atoms with Crippen molar-refractivity contribution in [3.63, 3.8) is 0 Å². The van der Waals surface area contributed by atoms with Gasteiger partial charge in [-0.2, -0.15) is 3.97 Å². The predicted octanol–water partition coefficient (Wildman–Crippen LogP) is 1.77. The molecule has 7 nitrogen and oxygen atoms in total. The van der Waals surface area contributed by atoms with Gasteiger partial charge in [0, 0.05) is 5.69 Å². The molecule has 0 saturated heterocycles. The molecule has 0 saturated carbocycles. The highest BCUT2D eigenvalue weighted by molar-refractivity contribution is 7.90. The van der Waals surface area contributed by atoms with Crippen LogP contribution >= 0.6 is 0 Å². The van der Waals surface area contributed by atoms with Gasteiger partial charge in [-0.15, -0.1) is 0 Å². The average molecular weight is 347 g/mol. The summed E-state index contributed by atoms with van der Waals surface area (Å²) in [6, 6.07) is 7.87. The number of benzene rings is 2. The Morgan fingerprint density at radius 2 is 1.75 bits per heavy atom. The minimum atomic E-state index is -4.09. The van der Waals surface area contributed by atoms with Gasteiger partial charge in [-0.05, 0) is 55.3 Å². The maximum Gasteiger partial charge on any atom is 0.340 e. The van der Waals surface area contributed by atoms with Crippen LogP contribution in [0.25, 0.3) is 11.0 Å². The summed E-state index contributed by atoms with van der Waals surface area (Å²) in [6.07, 6.45) is 0. The number of hydrogen-bond acceptors (Lipinski definition) is 5. The van der Waals surface area contributed by atoms with E-state index in [4.69, 9.17) is 10.5 Å². The Bertz CT molecular complexity index is 1090. The summed E-state index contributed by atoms with van der Waals surface area (Å²) in [5.41, 5.74) is 6.99. The van der Waals surface area contributed by atoms with E-state index in [0.717, 1.165) is 3.97 Å². The second-order valence-corrected chi connectivity index (χ2v) is 7.29. The van der Waals surface area contributed by atoms with Crippen molar-refractivity contribution in [3.05, 3.63) is 51.9 Å². The van der Waals surface area contributed by atoms with Gasteiger partial charge in [0.25, 0.3) is 10.0 Å². The number of imidazole rings is 1. The first kappa shape index (κ1) is 16.1. The van der Waals surface area contributed by atoms with Gasteiger partial charge in [-0.3, -0.25) is 0 Å². The van der Waals surface area contributed by atoms with Crippen molar-refractivity contribution in [3.8, 4) is 5.75 Å². The van der Waals surface area contributed by atoms with Gasteiger partial charge >= 0.3 is 5.69 Å². The number of nitrogens with two attached hydrogens (primary N) is 1. The highest BCUT2D eigenvalue weighted by Crippen LogP contribution is 2.28. The Labute approximate surface area is 138 Å². The molecule has 3 N–H and O–H groups in total. The summed E-state index contributed by atoms with van der Waals surface area (Å²) in [7, 11) is -2.58. The Morgan fingerprint density at radius 3 is 2.33 bits per heavy atom. The predicted molar refractivity (Wildman–Crippen MR) is 92.0 cm³/mol. The number of fused-ring (bicyclic) bond motifs is 1. The number of aromatic nitrogens is 2. The van der Waals surface area contributed by atoms with E-state index < -0.39 is 15.7 Å². The van der Waals surface area contributed by atoms with Crippen LogP contribution in [0, 0.1) is 13.8 Å². The molecule has 0 bridgehead atoms. The lowest BCUT2D eigenvalue weighted by Crippen LogP contribution is -2.26. The Kier molecular flexibility index (Phi) is 3.64. The molecule has 0 atom stereocenters. The summed E-state index contributed by atoms with van der Waals surface area (Å²) >= 11 is 0. The summed E-state index contributed by atoms with van der Waals surface area (Å²) in [5, 5.41) is 0. The van der Waals surface area contributed by atoms with Crippen LogP contribution < -0.4 is 16.2 Å². The molecule has 0 fully saturated rings. The lowest BCUT2D eigenvalue weighted by Gasteiger charge is -2.13. The molecular weight excluding hydrogens is 330 g/mol. The first-order valence-corrected chi connectivity index (χ1v) is 8.61. The van der Waals surface area contributed by atoms with Crippen molar-refractivity contribution in [2.45, 2.75) is 18.7 Å². The van der Waals surface area contributed by atoms with Crippen molar-refractivity contribution in [2.75, 3.05) is 12.8 Å². The highest BCUT2D eigenvalue weighted by Gasteiger charge is 2.26. The fraction of sp³-hybridized carbons (Fsp3) is 0.188. The van der Waals surface area contributed by atoms with Crippen LogP contribution in [0.3, 0.4) is 0 Å². The van der Waals surface area contributed by atoms with Gasteiger partial charge in [-0.1, -0.05) is 0 Å². The van der Waals surface area contributed by atoms with E-state index in [1.165, 1.54) is 13.2 Å². The molecule has 0 aliphatic carbocycles. The molecule has 8 heteroatoms. The quantitative estimate of drug-likeness (QED) is 0.702. The first-order chi connectivity index (χ1) is 11.3. The lowest BCUT2D eigenvalue weighted by atomic mass is 10.1. The van der Waals surface area contributed by atoms with Gasteiger partial charge in [0.15, 0.2) is 0 Å². The molecule has 126 valence electrons. The lowest BCUT2D eigenvalue weighted by molar-refractivity contribution is 0.413. The van der Waals surface area contributed by atoms with Gasteiger partial charge < -0.3 is 15.5 Å². The Hall–Kier alpha value is -2.74.